The molecule has 132 valence electrons. The second-order valence-corrected chi connectivity index (χ2v) is 5.58. The van der Waals surface area contributed by atoms with Crippen LogP contribution in [-0.4, -0.2) is 62.7 Å². The van der Waals surface area contributed by atoms with E-state index in [2.05, 4.69) is 5.32 Å². The Hall–Kier alpha value is -2.03. The van der Waals surface area contributed by atoms with Gasteiger partial charge in [-0.3, -0.25) is 14.5 Å². The fraction of sp³-hybridized carbons (Fsp3) is 0.500. The van der Waals surface area contributed by atoms with Gasteiger partial charge < -0.3 is 20.7 Å². The Bertz CT molecular complexity index is 611. The minimum atomic E-state index is -0.573. The van der Waals surface area contributed by atoms with Crippen molar-refractivity contribution in [1.82, 2.24) is 4.90 Å². The monoisotopic (exact) mass is 338 g/mol. The first kappa shape index (κ1) is 18.3. The molecule has 3 N–H and O–H groups in total. The van der Waals surface area contributed by atoms with Crippen molar-refractivity contribution in [3.8, 4) is 0 Å². The molecule has 1 aliphatic rings. The topological polar surface area (TPSA) is 87.9 Å². The molecular formula is C16H23FN4O3. The van der Waals surface area contributed by atoms with E-state index in [4.69, 9.17) is 10.5 Å². The Kier molecular flexibility index (Phi) is 6.24. The lowest BCUT2D eigenvalue weighted by Gasteiger charge is -2.27. The predicted octanol–water partition coefficient (Wildman–Crippen LogP) is 0.406. The molecule has 2 rings (SSSR count). The number of halogens is 1. The third-order valence-electron chi connectivity index (χ3n) is 4.05. The maximum Gasteiger partial charge on any atom is 0.253 e. The summed E-state index contributed by atoms with van der Waals surface area (Å²) >= 11 is 0. The van der Waals surface area contributed by atoms with Gasteiger partial charge in [0.15, 0.2) is 0 Å². The molecule has 2 amide bonds. The van der Waals surface area contributed by atoms with Crippen LogP contribution in [0.25, 0.3) is 0 Å². The molecule has 0 spiro atoms. The van der Waals surface area contributed by atoms with Crippen molar-refractivity contribution < 1.29 is 18.7 Å². The van der Waals surface area contributed by atoms with E-state index in [0.29, 0.717) is 25.4 Å². The van der Waals surface area contributed by atoms with E-state index in [1.807, 2.05) is 11.8 Å². The average molecular weight is 338 g/mol. The Morgan fingerprint density at radius 2 is 2.29 bits per heavy atom. The van der Waals surface area contributed by atoms with Crippen LogP contribution in [0.15, 0.2) is 18.2 Å². The standard InChI is InChI=1S/C16H23FN4O3/c1-3-20(2)14(9-18)16(23)19-11-4-5-13(12(17)8-11)21-6-7-24-10-15(21)22/h4-5,8,14H,3,6-7,9-10,18H2,1-2H3,(H,19,23)/t14-/m1/s1. The minimum Gasteiger partial charge on any atom is -0.370 e. The summed E-state index contributed by atoms with van der Waals surface area (Å²) in [6, 6.07) is 3.77. The van der Waals surface area contributed by atoms with Gasteiger partial charge in [0.1, 0.15) is 18.5 Å². The van der Waals surface area contributed by atoms with Crippen molar-refractivity contribution in [2.75, 3.05) is 50.1 Å². The third kappa shape index (κ3) is 4.08. The normalized spacial score (nSPS) is 16.4. The summed E-state index contributed by atoms with van der Waals surface area (Å²) in [6.07, 6.45) is 0. The van der Waals surface area contributed by atoms with Gasteiger partial charge in [0.25, 0.3) is 5.91 Å². The number of nitrogens with two attached hydrogens (primary N) is 1. The van der Waals surface area contributed by atoms with E-state index in [-0.39, 0.29) is 30.7 Å². The number of carbonyl (C=O) groups excluding carboxylic acids is 2. The lowest BCUT2D eigenvalue weighted by molar-refractivity contribution is -0.125. The molecular weight excluding hydrogens is 315 g/mol. The molecule has 0 bridgehead atoms. The third-order valence-corrected chi connectivity index (χ3v) is 4.05. The summed E-state index contributed by atoms with van der Waals surface area (Å²) in [5.74, 6) is -1.16. The molecule has 1 atom stereocenters. The molecule has 1 heterocycles. The predicted molar refractivity (Wildman–Crippen MR) is 89.3 cm³/mol. The average Bonchev–Trinajstić information content (AvgIpc) is 2.56. The number of carbonyl (C=O) groups is 2. The number of nitrogens with one attached hydrogen (secondary N) is 1. The largest absolute Gasteiger partial charge is 0.370 e. The smallest absolute Gasteiger partial charge is 0.253 e. The van der Waals surface area contributed by atoms with Crippen LogP contribution < -0.4 is 16.0 Å². The zero-order valence-corrected chi connectivity index (χ0v) is 13.9. The number of hydrogen-bond acceptors (Lipinski definition) is 5. The summed E-state index contributed by atoms with van der Waals surface area (Å²) in [5, 5.41) is 2.66. The van der Waals surface area contributed by atoms with Crippen LogP contribution in [0.2, 0.25) is 0 Å². The van der Waals surface area contributed by atoms with Crippen LogP contribution >= 0.6 is 0 Å². The van der Waals surface area contributed by atoms with E-state index in [1.54, 1.807) is 13.1 Å². The molecule has 0 radical (unpaired) electrons. The zero-order chi connectivity index (χ0) is 17.7. The molecule has 1 aromatic rings. The molecule has 1 fully saturated rings. The van der Waals surface area contributed by atoms with Gasteiger partial charge in [0, 0.05) is 18.8 Å². The van der Waals surface area contributed by atoms with Gasteiger partial charge >= 0.3 is 0 Å². The van der Waals surface area contributed by atoms with Gasteiger partial charge in [0.05, 0.1) is 12.3 Å². The first-order valence-corrected chi connectivity index (χ1v) is 7.86. The van der Waals surface area contributed by atoms with Crippen molar-refractivity contribution in [1.29, 1.82) is 0 Å². The molecule has 1 saturated heterocycles. The van der Waals surface area contributed by atoms with Crippen LogP contribution in [0.1, 0.15) is 6.92 Å². The lowest BCUT2D eigenvalue weighted by atomic mass is 10.2. The van der Waals surface area contributed by atoms with Gasteiger partial charge in [-0.15, -0.1) is 0 Å². The lowest BCUT2D eigenvalue weighted by Crippen LogP contribution is -2.46. The van der Waals surface area contributed by atoms with Crippen molar-refractivity contribution in [2.24, 2.45) is 5.73 Å². The van der Waals surface area contributed by atoms with Crippen LogP contribution in [-0.2, 0) is 14.3 Å². The van der Waals surface area contributed by atoms with Crippen molar-refractivity contribution >= 4 is 23.2 Å². The highest BCUT2D eigenvalue weighted by molar-refractivity contribution is 5.97. The molecule has 1 aromatic carbocycles. The highest BCUT2D eigenvalue weighted by atomic mass is 19.1. The van der Waals surface area contributed by atoms with E-state index in [9.17, 15) is 14.0 Å². The summed E-state index contributed by atoms with van der Waals surface area (Å²) in [7, 11) is 1.80. The Labute approximate surface area is 140 Å². The van der Waals surface area contributed by atoms with E-state index in [0.717, 1.165) is 0 Å². The quantitative estimate of drug-likeness (QED) is 0.784. The zero-order valence-electron chi connectivity index (χ0n) is 13.9. The fourth-order valence-electron chi connectivity index (χ4n) is 2.51. The van der Waals surface area contributed by atoms with Crippen molar-refractivity contribution in [3.63, 3.8) is 0 Å². The molecule has 8 heteroatoms. The minimum absolute atomic E-state index is 0.0561. The number of morpholine rings is 1. The number of amides is 2. The molecule has 24 heavy (non-hydrogen) atoms. The van der Waals surface area contributed by atoms with Gasteiger partial charge in [-0.1, -0.05) is 6.92 Å². The first-order valence-electron chi connectivity index (χ1n) is 7.86. The van der Waals surface area contributed by atoms with Crippen LogP contribution in [0.3, 0.4) is 0 Å². The second kappa shape index (κ2) is 8.18. The van der Waals surface area contributed by atoms with Gasteiger partial charge in [-0.05, 0) is 31.8 Å². The van der Waals surface area contributed by atoms with Gasteiger partial charge in [0.2, 0.25) is 5.91 Å². The summed E-state index contributed by atoms with van der Waals surface area (Å²) in [5.41, 5.74) is 6.14. The molecule has 7 nitrogen and oxygen atoms in total. The SMILES string of the molecule is CCN(C)[C@H](CN)C(=O)Nc1ccc(N2CCOCC2=O)c(F)c1. The molecule has 0 aliphatic carbocycles. The summed E-state index contributed by atoms with van der Waals surface area (Å²) in [6.45, 7) is 3.37. The highest BCUT2D eigenvalue weighted by Crippen LogP contribution is 2.24. The van der Waals surface area contributed by atoms with Crippen LogP contribution in [0.4, 0.5) is 15.8 Å². The van der Waals surface area contributed by atoms with Crippen molar-refractivity contribution in [2.45, 2.75) is 13.0 Å². The van der Waals surface area contributed by atoms with E-state index < -0.39 is 11.9 Å². The summed E-state index contributed by atoms with van der Waals surface area (Å²) < 4.78 is 19.4. The number of rotatable bonds is 6. The molecule has 0 aromatic heterocycles. The van der Waals surface area contributed by atoms with Gasteiger partial charge in [-0.25, -0.2) is 4.39 Å². The number of hydrogen-bond donors (Lipinski definition) is 2. The molecule has 0 saturated carbocycles. The number of ether oxygens (including phenoxy) is 1. The number of anilines is 2. The second-order valence-electron chi connectivity index (χ2n) is 5.58. The maximum atomic E-state index is 14.3. The van der Waals surface area contributed by atoms with E-state index in [1.165, 1.54) is 17.0 Å². The number of nitrogens with zero attached hydrogens (tertiary/aromatic N) is 2. The van der Waals surface area contributed by atoms with Crippen LogP contribution in [0.5, 0.6) is 0 Å². The Morgan fingerprint density at radius 3 is 2.88 bits per heavy atom. The number of benzene rings is 1. The Morgan fingerprint density at radius 1 is 1.54 bits per heavy atom. The first-order chi connectivity index (χ1) is 11.5. The Balaban J connectivity index is 2.11. The fourth-order valence-corrected chi connectivity index (χ4v) is 2.51. The maximum absolute atomic E-state index is 14.3. The molecule has 0 unspecified atom stereocenters. The van der Waals surface area contributed by atoms with Gasteiger partial charge in [-0.2, -0.15) is 0 Å². The van der Waals surface area contributed by atoms with Crippen molar-refractivity contribution in [3.05, 3.63) is 24.0 Å². The number of likely N-dealkylation sites (N-methyl/N-ethyl adjacent to an activating group) is 1. The van der Waals surface area contributed by atoms with E-state index >= 15 is 0 Å². The highest BCUT2D eigenvalue weighted by Gasteiger charge is 2.24. The van der Waals surface area contributed by atoms with Crippen LogP contribution in [0, 0.1) is 5.82 Å². The molecule has 1 aliphatic heterocycles. The summed E-state index contributed by atoms with van der Waals surface area (Å²) in [4.78, 5) is 27.2.